The molecular weight excluding hydrogens is 162 g/mol. The minimum Gasteiger partial charge on any atom is -0.313 e. The smallest absolute Gasteiger partial charge is 0.0451 e. The molecule has 3 nitrogen and oxygen atoms in total. The van der Waals surface area contributed by atoms with Gasteiger partial charge in [0, 0.05) is 30.7 Å². The Morgan fingerprint density at radius 1 is 1.23 bits per heavy atom. The van der Waals surface area contributed by atoms with Gasteiger partial charge >= 0.3 is 0 Å². The van der Waals surface area contributed by atoms with Crippen molar-refractivity contribution in [3.8, 4) is 0 Å². The Balaban J connectivity index is 2.07. The number of hydrogen-bond acceptors (Lipinski definition) is 3. The van der Waals surface area contributed by atoms with Crippen LogP contribution in [-0.4, -0.2) is 49.2 Å². The van der Waals surface area contributed by atoms with Gasteiger partial charge in [-0.15, -0.1) is 0 Å². The van der Waals surface area contributed by atoms with E-state index in [1.54, 1.807) is 0 Å². The van der Waals surface area contributed by atoms with Gasteiger partial charge in [-0.05, 0) is 33.9 Å². The number of nitrogens with zero attached hydrogens (tertiary/aromatic N) is 1. The Bertz CT molecular complexity index is 198. The highest BCUT2D eigenvalue weighted by Gasteiger charge is 2.42. The van der Waals surface area contributed by atoms with Gasteiger partial charge in [-0.3, -0.25) is 0 Å². The zero-order chi connectivity index (χ0) is 9.53. The third kappa shape index (κ3) is 1.87. The molecule has 76 valence electrons. The SMILES string of the molecule is CN1CCC2(CNCC(C)(C)N2)C1. The molecular formula is C10H21N3. The van der Waals surface area contributed by atoms with Crippen LogP contribution in [0.2, 0.25) is 0 Å². The minimum atomic E-state index is 0.253. The first-order chi connectivity index (χ1) is 6.02. The molecule has 0 bridgehead atoms. The van der Waals surface area contributed by atoms with E-state index < -0.39 is 0 Å². The van der Waals surface area contributed by atoms with Gasteiger partial charge < -0.3 is 15.5 Å². The van der Waals surface area contributed by atoms with E-state index in [0.717, 1.165) is 13.1 Å². The Morgan fingerprint density at radius 3 is 2.54 bits per heavy atom. The molecule has 1 unspecified atom stereocenters. The quantitative estimate of drug-likeness (QED) is 0.555. The second-order valence-corrected chi connectivity index (χ2v) is 5.38. The summed E-state index contributed by atoms with van der Waals surface area (Å²) in [4.78, 5) is 2.41. The van der Waals surface area contributed by atoms with Crippen LogP contribution < -0.4 is 10.6 Å². The summed E-state index contributed by atoms with van der Waals surface area (Å²) >= 11 is 0. The first-order valence-corrected chi connectivity index (χ1v) is 5.20. The van der Waals surface area contributed by atoms with Crippen LogP contribution in [0.3, 0.4) is 0 Å². The van der Waals surface area contributed by atoms with Crippen LogP contribution in [0.4, 0.5) is 0 Å². The van der Waals surface area contributed by atoms with Gasteiger partial charge in [-0.1, -0.05) is 0 Å². The van der Waals surface area contributed by atoms with Crippen molar-refractivity contribution in [3.63, 3.8) is 0 Å². The lowest BCUT2D eigenvalue weighted by Crippen LogP contribution is -2.69. The lowest BCUT2D eigenvalue weighted by Gasteiger charge is -2.45. The molecule has 0 aromatic carbocycles. The standard InChI is InChI=1S/C10H21N3/c1-9(2)6-11-7-10(12-9)4-5-13(3)8-10/h11-12H,4-8H2,1-3H3. The van der Waals surface area contributed by atoms with Crippen molar-refractivity contribution in [3.05, 3.63) is 0 Å². The molecule has 0 radical (unpaired) electrons. The van der Waals surface area contributed by atoms with E-state index in [-0.39, 0.29) is 5.54 Å². The molecule has 2 aliphatic rings. The van der Waals surface area contributed by atoms with Crippen LogP contribution in [0.25, 0.3) is 0 Å². The molecule has 3 heteroatoms. The molecule has 2 aliphatic heterocycles. The fourth-order valence-electron chi connectivity index (χ4n) is 2.75. The lowest BCUT2D eigenvalue weighted by atomic mass is 9.89. The average Bonchev–Trinajstić information content (AvgIpc) is 2.29. The number of rotatable bonds is 0. The highest BCUT2D eigenvalue weighted by Crippen LogP contribution is 2.25. The zero-order valence-corrected chi connectivity index (χ0v) is 8.98. The van der Waals surface area contributed by atoms with Gasteiger partial charge in [0.05, 0.1) is 0 Å². The second-order valence-electron chi connectivity index (χ2n) is 5.38. The molecule has 0 saturated carbocycles. The Morgan fingerprint density at radius 2 is 2.00 bits per heavy atom. The first kappa shape index (κ1) is 9.44. The highest BCUT2D eigenvalue weighted by molar-refractivity contribution is 5.06. The van der Waals surface area contributed by atoms with Crippen LogP contribution in [0.15, 0.2) is 0 Å². The number of hydrogen-bond donors (Lipinski definition) is 2. The van der Waals surface area contributed by atoms with Crippen molar-refractivity contribution in [1.29, 1.82) is 0 Å². The van der Waals surface area contributed by atoms with Gasteiger partial charge in [0.25, 0.3) is 0 Å². The monoisotopic (exact) mass is 183 g/mol. The first-order valence-electron chi connectivity index (χ1n) is 5.20. The third-order valence-electron chi connectivity index (χ3n) is 3.18. The van der Waals surface area contributed by atoms with Gasteiger partial charge in [0.2, 0.25) is 0 Å². The van der Waals surface area contributed by atoms with E-state index in [0.29, 0.717) is 5.54 Å². The lowest BCUT2D eigenvalue weighted by molar-refractivity contribution is 0.175. The molecule has 0 amide bonds. The molecule has 1 atom stereocenters. The van der Waals surface area contributed by atoms with Gasteiger partial charge in [0.15, 0.2) is 0 Å². The second kappa shape index (κ2) is 2.94. The Labute approximate surface area is 80.9 Å². The molecule has 2 N–H and O–H groups in total. The van der Waals surface area contributed by atoms with Crippen molar-refractivity contribution in [2.45, 2.75) is 31.3 Å². The summed E-state index contributed by atoms with van der Waals surface area (Å²) in [5.74, 6) is 0. The maximum atomic E-state index is 3.79. The zero-order valence-electron chi connectivity index (χ0n) is 8.98. The number of likely N-dealkylation sites (N-methyl/N-ethyl adjacent to an activating group) is 1. The normalized spacial score (nSPS) is 39.9. The Hall–Kier alpha value is -0.120. The van der Waals surface area contributed by atoms with Crippen molar-refractivity contribution in [1.82, 2.24) is 15.5 Å². The summed E-state index contributed by atoms with van der Waals surface area (Å²) in [5, 5.41) is 7.33. The summed E-state index contributed by atoms with van der Waals surface area (Å²) in [6, 6.07) is 0. The molecule has 2 heterocycles. The molecule has 1 spiro atoms. The Kier molecular flexibility index (Phi) is 2.13. The van der Waals surface area contributed by atoms with Crippen LogP contribution in [0.1, 0.15) is 20.3 Å². The summed E-state index contributed by atoms with van der Waals surface area (Å²) in [6.07, 6.45) is 1.28. The predicted octanol–water partition coefficient (Wildman–Crippen LogP) is 0.0321. The maximum Gasteiger partial charge on any atom is 0.0451 e. The number of piperazine rings is 1. The third-order valence-corrected chi connectivity index (χ3v) is 3.18. The topological polar surface area (TPSA) is 27.3 Å². The van der Waals surface area contributed by atoms with Crippen LogP contribution >= 0.6 is 0 Å². The van der Waals surface area contributed by atoms with Crippen molar-refractivity contribution >= 4 is 0 Å². The van der Waals surface area contributed by atoms with E-state index >= 15 is 0 Å². The van der Waals surface area contributed by atoms with Crippen molar-refractivity contribution in [2.75, 3.05) is 33.2 Å². The van der Waals surface area contributed by atoms with Crippen molar-refractivity contribution in [2.24, 2.45) is 0 Å². The van der Waals surface area contributed by atoms with E-state index in [1.165, 1.54) is 19.5 Å². The molecule has 0 aliphatic carbocycles. The van der Waals surface area contributed by atoms with Gasteiger partial charge in [-0.2, -0.15) is 0 Å². The van der Waals surface area contributed by atoms with Crippen LogP contribution in [0.5, 0.6) is 0 Å². The van der Waals surface area contributed by atoms with E-state index in [2.05, 4.69) is 36.4 Å². The van der Waals surface area contributed by atoms with E-state index in [1.807, 2.05) is 0 Å². The van der Waals surface area contributed by atoms with Gasteiger partial charge in [-0.25, -0.2) is 0 Å². The van der Waals surface area contributed by atoms with E-state index in [9.17, 15) is 0 Å². The summed E-state index contributed by atoms with van der Waals surface area (Å²) < 4.78 is 0. The number of likely N-dealkylation sites (tertiary alicyclic amines) is 1. The summed E-state index contributed by atoms with van der Waals surface area (Å²) in [6.45, 7) is 9.17. The molecule has 0 aromatic rings. The fourth-order valence-corrected chi connectivity index (χ4v) is 2.75. The van der Waals surface area contributed by atoms with E-state index in [4.69, 9.17) is 0 Å². The summed E-state index contributed by atoms with van der Waals surface area (Å²) in [7, 11) is 2.21. The average molecular weight is 183 g/mol. The maximum absolute atomic E-state index is 3.79. The van der Waals surface area contributed by atoms with Crippen LogP contribution in [-0.2, 0) is 0 Å². The van der Waals surface area contributed by atoms with Gasteiger partial charge in [0.1, 0.15) is 0 Å². The number of nitrogens with one attached hydrogen (secondary N) is 2. The molecule has 2 rings (SSSR count). The molecule has 0 aromatic heterocycles. The van der Waals surface area contributed by atoms with Crippen LogP contribution in [0, 0.1) is 0 Å². The highest BCUT2D eigenvalue weighted by atomic mass is 15.3. The fraction of sp³-hybridized carbons (Fsp3) is 1.00. The minimum absolute atomic E-state index is 0.253. The molecule has 2 saturated heterocycles. The van der Waals surface area contributed by atoms with Crippen molar-refractivity contribution < 1.29 is 0 Å². The predicted molar refractivity (Wildman–Crippen MR) is 54.9 cm³/mol. The summed E-state index contributed by atoms with van der Waals surface area (Å²) in [5.41, 5.74) is 0.597. The molecule has 2 fully saturated rings. The molecule has 13 heavy (non-hydrogen) atoms. The largest absolute Gasteiger partial charge is 0.313 e.